The average Bonchev–Trinajstić information content (AvgIpc) is 3.78. The summed E-state index contributed by atoms with van der Waals surface area (Å²) in [5.41, 5.74) is -2.11. The van der Waals surface area contributed by atoms with Crippen LogP contribution >= 0.6 is 0 Å². The minimum Gasteiger partial charge on any atom is -0.346 e. The number of hydrogen-bond acceptors (Lipinski definition) is 7. The van der Waals surface area contributed by atoms with Crippen LogP contribution in [0.25, 0.3) is 0 Å². The molecule has 1 heterocycles. The van der Waals surface area contributed by atoms with Crippen molar-refractivity contribution in [1.82, 2.24) is 26.2 Å². The summed E-state index contributed by atoms with van der Waals surface area (Å²) in [5, 5.41) is 11.1. The molecule has 0 spiro atoms. The lowest BCUT2D eigenvalue weighted by molar-refractivity contribution is -0.145. The normalized spacial score (nSPS) is 24.2. The summed E-state index contributed by atoms with van der Waals surface area (Å²) in [6.07, 6.45) is 4.04. The largest absolute Gasteiger partial charge is 0.346 e. The van der Waals surface area contributed by atoms with E-state index in [0.29, 0.717) is 19.4 Å². The number of ketones is 1. The second kappa shape index (κ2) is 14.3. The van der Waals surface area contributed by atoms with Crippen molar-refractivity contribution in [2.45, 2.75) is 130 Å². The van der Waals surface area contributed by atoms with Gasteiger partial charge in [-0.15, -0.1) is 6.58 Å². The van der Waals surface area contributed by atoms with Crippen LogP contribution in [0, 0.1) is 34.5 Å². The van der Waals surface area contributed by atoms with E-state index in [1.807, 2.05) is 48.5 Å². The summed E-state index contributed by atoms with van der Waals surface area (Å²) < 4.78 is 25.4. The molecule has 3 rings (SSSR count). The predicted octanol–water partition coefficient (Wildman–Crippen LogP) is 3.36. The third-order valence-electron chi connectivity index (χ3n) is 10.4. The second-order valence-corrected chi connectivity index (χ2v) is 20.7. The minimum absolute atomic E-state index is 0.0482. The van der Waals surface area contributed by atoms with Gasteiger partial charge in [-0.2, -0.15) is 0 Å². The molecule has 4 N–H and O–H groups in total. The number of hydrogen-bond donors (Lipinski definition) is 4. The Hall–Kier alpha value is -2.96. The lowest BCUT2D eigenvalue weighted by Gasteiger charge is -2.39. The molecule has 12 nitrogen and oxygen atoms in total. The van der Waals surface area contributed by atoms with Crippen molar-refractivity contribution >= 4 is 39.4 Å². The number of urea groups is 1. The van der Waals surface area contributed by atoms with Gasteiger partial charge in [0.05, 0.1) is 22.1 Å². The number of likely N-dealkylation sites (tertiary alicyclic amines) is 1. The highest BCUT2D eigenvalue weighted by Crippen LogP contribution is 2.65. The zero-order valence-corrected chi connectivity index (χ0v) is 32.3. The minimum atomic E-state index is -3.61. The fourth-order valence-corrected chi connectivity index (χ4v) is 8.80. The van der Waals surface area contributed by atoms with Crippen molar-refractivity contribution in [2.75, 3.05) is 18.8 Å². The van der Waals surface area contributed by atoms with Gasteiger partial charge in [0.25, 0.3) is 5.91 Å². The molecule has 0 bridgehead atoms. The Morgan fingerprint density at radius 2 is 1.57 bits per heavy atom. The van der Waals surface area contributed by atoms with Gasteiger partial charge in [0.15, 0.2) is 9.84 Å². The number of carbonyl (C=O) groups is 5. The summed E-state index contributed by atoms with van der Waals surface area (Å²) in [4.78, 5) is 69.4. The highest BCUT2D eigenvalue weighted by Gasteiger charge is 2.70. The van der Waals surface area contributed by atoms with Crippen LogP contribution in [0.2, 0.25) is 0 Å². The first-order valence-electron chi connectivity index (χ1n) is 17.6. The smallest absolute Gasteiger partial charge is 0.315 e. The molecule has 2 saturated carbocycles. The Labute approximate surface area is 293 Å². The zero-order valence-electron chi connectivity index (χ0n) is 31.5. The third-order valence-corrected chi connectivity index (χ3v) is 13.3. The van der Waals surface area contributed by atoms with Gasteiger partial charge in [-0.25, -0.2) is 13.2 Å². The highest BCUT2D eigenvalue weighted by molar-refractivity contribution is 7.92. The molecule has 5 amide bonds. The Kier molecular flexibility index (Phi) is 11.8. The summed E-state index contributed by atoms with van der Waals surface area (Å²) in [6.45, 7) is 24.0. The van der Waals surface area contributed by atoms with Gasteiger partial charge in [0, 0.05) is 13.1 Å². The van der Waals surface area contributed by atoms with Gasteiger partial charge in [0.1, 0.15) is 12.1 Å². The van der Waals surface area contributed by atoms with Gasteiger partial charge in [-0.3, -0.25) is 19.2 Å². The van der Waals surface area contributed by atoms with E-state index in [0.717, 1.165) is 12.8 Å². The monoisotopic (exact) mass is 707 g/mol. The van der Waals surface area contributed by atoms with Crippen molar-refractivity contribution < 1.29 is 32.4 Å². The quantitative estimate of drug-likeness (QED) is 0.149. The Bertz CT molecular complexity index is 1420. The van der Waals surface area contributed by atoms with Crippen molar-refractivity contribution in [3.63, 3.8) is 0 Å². The van der Waals surface area contributed by atoms with E-state index in [9.17, 15) is 32.4 Å². The van der Waals surface area contributed by atoms with E-state index in [2.05, 4.69) is 27.8 Å². The van der Waals surface area contributed by atoms with Gasteiger partial charge in [-0.05, 0) is 75.0 Å². The molecule has 3 aliphatic rings. The summed E-state index contributed by atoms with van der Waals surface area (Å²) in [6, 6.07) is -3.64. The number of rotatable bonds is 15. The molecule has 3 fully saturated rings. The summed E-state index contributed by atoms with van der Waals surface area (Å²) in [7, 11) is -3.61. The van der Waals surface area contributed by atoms with Crippen LogP contribution in [0.5, 0.6) is 0 Å². The molecule has 2 unspecified atom stereocenters. The van der Waals surface area contributed by atoms with Crippen LogP contribution < -0.4 is 21.3 Å². The predicted molar refractivity (Wildman–Crippen MR) is 190 cm³/mol. The van der Waals surface area contributed by atoms with Crippen LogP contribution in [-0.4, -0.2) is 90.1 Å². The van der Waals surface area contributed by atoms with E-state index in [-0.39, 0.29) is 41.4 Å². The van der Waals surface area contributed by atoms with Crippen LogP contribution in [-0.2, 0) is 29.0 Å². The van der Waals surface area contributed by atoms with E-state index >= 15 is 0 Å². The number of fused-ring (bicyclic) bond motifs is 1. The van der Waals surface area contributed by atoms with Gasteiger partial charge in [0.2, 0.25) is 17.6 Å². The number of piperidine rings is 1. The van der Waals surface area contributed by atoms with Crippen molar-refractivity contribution in [1.29, 1.82) is 0 Å². The number of nitrogens with zero attached hydrogens (tertiary/aromatic N) is 1. The molecule has 2 aliphatic carbocycles. The fourth-order valence-electron chi connectivity index (χ4n) is 7.34. The first-order valence-corrected chi connectivity index (χ1v) is 19.3. The lowest BCUT2D eigenvalue weighted by atomic mass is 9.85. The average molecular weight is 708 g/mol. The Morgan fingerprint density at radius 1 is 0.980 bits per heavy atom. The van der Waals surface area contributed by atoms with E-state index in [1.165, 1.54) is 11.0 Å². The topological polar surface area (TPSA) is 171 Å². The van der Waals surface area contributed by atoms with Crippen LogP contribution in [0.3, 0.4) is 0 Å². The number of nitrogens with one attached hydrogen (secondary N) is 4. The molecule has 6 atom stereocenters. The van der Waals surface area contributed by atoms with Crippen LogP contribution in [0.4, 0.5) is 4.79 Å². The molecule has 1 saturated heterocycles. The molecule has 0 aromatic heterocycles. The van der Waals surface area contributed by atoms with E-state index < -0.39 is 73.2 Å². The van der Waals surface area contributed by atoms with E-state index in [4.69, 9.17) is 0 Å². The second-order valence-electron chi connectivity index (χ2n) is 17.9. The summed E-state index contributed by atoms with van der Waals surface area (Å²) in [5.74, 6) is -2.53. The van der Waals surface area contributed by atoms with Crippen molar-refractivity contribution in [3.8, 4) is 0 Å². The molecular weight excluding hydrogens is 646 g/mol. The molecule has 49 heavy (non-hydrogen) atoms. The Balaban J connectivity index is 1.86. The van der Waals surface area contributed by atoms with Crippen LogP contribution in [0.1, 0.15) is 102 Å². The zero-order chi connectivity index (χ0) is 37.5. The van der Waals surface area contributed by atoms with Crippen LogP contribution in [0.15, 0.2) is 12.7 Å². The third kappa shape index (κ3) is 9.64. The van der Waals surface area contributed by atoms with Gasteiger partial charge < -0.3 is 26.2 Å². The molecule has 13 heteroatoms. The first-order chi connectivity index (χ1) is 22.3. The molecule has 1 aliphatic heterocycles. The fraction of sp³-hybridized carbons (Fsp3) is 0.806. The SMILES string of the molecule is C=CCNC(=O)C(=O)C(CC1CC1)NC(=O)[C@@H]1C2[C@H](CN1C(=O)[C@@H](NC(=O)N[C@@](C)(CC(C)C)CS(=O)(=O)C(C)(C)C)C(C)(C)C)C2(C)C. The molecule has 0 radical (unpaired) electrons. The molecule has 0 aromatic carbocycles. The first kappa shape index (κ1) is 40.5. The maximum atomic E-state index is 14.4. The maximum Gasteiger partial charge on any atom is 0.315 e. The van der Waals surface area contributed by atoms with Crippen molar-refractivity contribution in [3.05, 3.63) is 12.7 Å². The molecular formula is C36H61N5O7S. The number of Topliss-reactive ketones (excluding diaryl/α,β-unsaturated/α-hetero) is 1. The summed E-state index contributed by atoms with van der Waals surface area (Å²) >= 11 is 0. The van der Waals surface area contributed by atoms with Crippen molar-refractivity contribution in [2.24, 2.45) is 34.5 Å². The standard InChI is InChI=1S/C36H61N5O7S/c1-13-16-37-30(44)27(42)24(17-22-14-15-22)38-29(43)26-25-23(35(25,10)11)19-41(26)31(45)28(33(4,5)6)39-32(46)40-36(12,18-21(2)3)20-49(47,48)34(7,8)9/h13,21-26,28H,1,14-20H2,2-12H3,(H,37,44)(H,38,43)(H2,39,40,46)/t23-,24?,25?,26-,28+,36-/m0/s1. The Morgan fingerprint density at radius 3 is 2.06 bits per heavy atom. The number of amides is 5. The highest BCUT2D eigenvalue weighted by atomic mass is 32.2. The van der Waals surface area contributed by atoms with E-state index in [1.54, 1.807) is 27.7 Å². The lowest BCUT2D eigenvalue weighted by Crippen LogP contribution is -2.63. The molecule has 0 aromatic rings. The molecule has 278 valence electrons. The van der Waals surface area contributed by atoms with Gasteiger partial charge >= 0.3 is 6.03 Å². The number of carbonyl (C=O) groups excluding carboxylic acids is 5. The number of sulfone groups is 1. The maximum absolute atomic E-state index is 14.4. The van der Waals surface area contributed by atoms with Gasteiger partial charge in [-0.1, -0.05) is 67.4 Å².